The summed E-state index contributed by atoms with van der Waals surface area (Å²) in [6.07, 6.45) is 4.61. The van der Waals surface area contributed by atoms with Crippen molar-refractivity contribution in [2.75, 3.05) is 13.2 Å². The number of rotatable bonds is 8. The van der Waals surface area contributed by atoms with Crippen molar-refractivity contribution in [1.82, 2.24) is 15.3 Å². The van der Waals surface area contributed by atoms with Crippen LogP contribution in [0.3, 0.4) is 0 Å². The molecule has 0 unspecified atom stereocenters. The van der Waals surface area contributed by atoms with Gasteiger partial charge in [0, 0.05) is 24.5 Å². The lowest BCUT2D eigenvalue weighted by atomic mass is 9.77. The van der Waals surface area contributed by atoms with Crippen LogP contribution in [0.5, 0.6) is 6.01 Å². The lowest BCUT2D eigenvalue weighted by molar-refractivity contribution is 0.00578. The molecule has 0 bridgehead atoms. The van der Waals surface area contributed by atoms with Crippen LogP contribution in [0.15, 0.2) is 48.2 Å². The van der Waals surface area contributed by atoms with E-state index in [2.05, 4.69) is 15.3 Å². The quantitative estimate of drug-likeness (QED) is 0.626. The number of ether oxygens (including phenoxy) is 2. The van der Waals surface area contributed by atoms with Crippen LogP contribution in [0.25, 0.3) is 6.08 Å². The first-order chi connectivity index (χ1) is 15.2. The third-order valence-corrected chi connectivity index (χ3v) is 5.48. The molecular weight excluding hydrogens is 409 g/mol. The maximum atomic E-state index is 12.3. The molecular formula is C23H30BN3O5. The fourth-order valence-electron chi connectivity index (χ4n) is 2.96. The van der Waals surface area contributed by atoms with Gasteiger partial charge in [0.25, 0.3) is 0 Å². The van der Waals surface area contributed by atoms with Gasteiger partial charge in [-0.2, -0.15) is 0 Å². The Morgan fingerprint density at radius 2 is 1.72 bits per heavy atom. The molecule has 2 heterocycles. The number of nitrogens with one attached hydrogen (secondary N) is 1. The van der Waals surface area contributed by atoms with Gasteiger partial charge in [-0.05, 0) is 45.7 Å². The van der Waals surface area contributed by atoms with Gasteiger partial charge >= 0.3 is 19.2 Å². The second-order valence-corrected chi connectivity index (χ2v) is 8.45. The van der Waals surface area contributed by atoms with Crippen molar-refractivity contribution in [2.24, 2.45) is 0 Å². The van der Waals surface area contributed by atoms with Gasteiger partial charge in [-0.25, -0.2) is 14.8 Å². The molecule has 8 nitrogen and oxygen atoms in total. The molecule has 1 N–H and O–H groups in total. The molecule has 1 saturated heterocycles. The van der Waals surface area contributed by atoms with E-state index in [0.29, 0.717) is 18.1 Å². The Morgan fingerprint density at radius 1 is 1.09 bits per heavy atom. The molecule has 1 amide bonds. The Kier molecular flexibility index (Phi) is 7.53. The van der Waals surface area contributed by atoms with Gasteiger partial charge in [0.1, 0.15) is 6.61 Å². The zero-order chi connectivity index (χ0) is 23.2. The van der Waals surface area contributed by atoms with E-state index in [0.717, 1.165) is 11.1 Å². The van der Waals surface area contributed by atoms with Crippen LogP contribution in [0.1, 0.15) is 45.7 Å². The molecule has 1 aliphatic heterocycles. The number of carbonyl (C=O) groups is 1. The summed E-state index contributed by atoms with van der Waals surface area (Å²) < 4.78 is 23.0. The Labute approximate surface area is 189 Å². The number of benzene rings is 1. The number of aromatic nitrogens is 2. The van der Waals surface area contributed by atoms with Crippen LogP contribution in [0, 0.1) is 0 Å². The van der Waals surface area contributed by atoms with Crippen LogP contribution in [0.4, 0.5) is 4.79 Å². The number of hydrogen-bond acceptors (Lipinski definition) is 7. The van der Waals surface area contributed by atoms with Gasteiger partial charge in [-0.15, -0.1) is 0 Å². The van der Waals surface area contributed by atoms with E-state index in [9.17, 15) is 4.79 Å². The molecule has 1 aliphatic rings. The van der Waals surface area contributed by atoms with Crippen LogP contribution in [-0.2, 0) is 20.7 Å². The van der Waals surface area contributed by atoms with E-state index in [1.54, 1.807) is 12.4 Å². The summed E-state index contributed by atoms with van der Waals surface area (Å²) in [6, 6.07) is 9.81. The summed E-state index contributed by atoms with van der Waals surface area (Å²) in [4.78, 5) is 20.7. The second kappa shape index (κ2) is 10.1. The fraction of sp³-hybridized carbons (Fsp3) is 0.435. The maximum Gasteiger partial charge on any atom is 0.492 e. The van der Waals surface area contributed by atoms with Crippen molar-refractivity contribution in [2.45, 2.75) is 52.4 Å². The number of hydrogen-bond donors (Lipinski definition) is 1. The predicted octanol–water partition coefficient (Wildman–Crippen LogP) is 3.82. The summed E-state index contributed by atoms with van der Waals surface area (Å²) in [6.45, 7) is 10.6. The van der Waals surface area contributed by atoms with Gasteiger partial charge in [0.05, 0.1) is 17.8 Å². The van der Waals surface area contributed by atoms with E-state index < -0.39 is 24.4 Å². The first-order valence-electron chi connectivity index (χ1n) is 10.7. The maximum absolute atomic E-state index is 12.3. The molecule has 3 rings (SSSR count). The van der Waals surface area contributed by atoms with Gasteiger partial charge in [0.2, 0.25) is 0 Å². The lowest BCUT2D eigenvalue weighted by Crippen LogP contribution is -2.41. The summed E-state index contributed by atoms with van der Waals surface area (Å²) in [5.41, 5.74) is 1.33. The van der Waals surface area contributed by atoms with E-state index in [4.69, 9.17) is 18.8 Å². The average Bonchev–Trinajstić information content (AvgIpc) is 2.98. The fourth-order valence-corrected chi connectivity index (χ4v) is 2.96. The zero-order valence-corrected chi connectivity index (χ0v) is 19.3. The smallest absolute Gasteiger partial charge is 0.464 e. The molecule has 9 heteroatoms. The highest BCUT2D eigenvalue weighted by Gasteiger charge is 2.52. The van der Waals surface area contributed by atoms with Crippen molar-refractivity contribution in [3.63, 3.8) is 0 Å². The standard InChI is InChI=1S/C23H30BN3O5/c1-6-29-20-25-13-18(14-26-20)12-19(24-31-22(2,3)23(4,5)32-24)15-27-21(28)30-16-17-10-8-7-9-11-17/h7-14H,6,15-16H2,1-5H3,(H,27,28). The number of carbonyl (C=O) groups excluding carboxylic acids is 1. The van der Waals surface area contributed by atoms with Crippen LogP contribution < -0.4 is 10.1 Å². The minimum absolute atomic E-state index is 0.178. The Hall–Kier alpha value is -2.91. The molecule has 32 heavy (non-hydrogen) atoms. The Balaban J connectivity index is 1.71. The average molecular weight is 439 g/mol. The number of amides is 1. The number of alkyl carbamates (subject to hydrolysis) is 1. The van der Waals surface area contributed by atoms with Crippen LogP contribution >= 0.6 is 0 Å². The summed E-state index contributed by atoms with van der Waals surface area (Å²) in [5, 5.41) is 2.78. The van der Waals surface area contributed by atoms with E-state index in [1.165, 1.54) is 0 Å². The minimum Gasteiger partial charge on any atom is -0.464 e. The molecule has 0 radical (unpaired) electrons. The first kappa shape index (κ1) is 23.8. The highest BCUT2D eigenvalue weighted by atomic mass is 16.7. The van der Waals surface area contributed by atoms with Crippen molar-refractivity contribution in [1.29, 1.82) is 0 Å². The Bertz CT molecular complexity index is 916. The SMILES string of the molecule is CCOc1ncc(C=C(CNC(=O)OCc2ccccc2)B2OC(C)(C)C(C)(C)O2)cn1. The second-order valence-electron chi connectivity index (χ2n) is 8.45. The third-order valence-electron chi connectivity index (χ3n) is 5.48. The summed E-state index contributed by atoms with van der Waals surface area (Å²) >= 11 is 0. The van der Waals surface area contributed by atoms with E-state index >= 15 is 0 Å². The van der Waals surface area contributed by atoms with Crippen molar-refractivity contribution in [3.8, 4) is 6.01 Å². The topological polar surface area (TPSA) is 91.8 Å². The van der Waals surface area contributed by atoms with Crippen molar-refractivity contribution < 1.29 is 23.6 Å². The molecule has 1 aromatic carbocycles. The highest BCUT2D eigenvalue weighted by Crippen LogP contribution is 2.38. The summed E-state index contributed by atoms with van der Waals surface area (Å²) in [5.74, 6) is 0. The molecule has 1 aromatic heterocycles. The van der Waals surface area contributed by atoms with Crippen LogP contribution in [0.2, 0.25) is 0 Å². The lowest BCUT2D eigenvalue weighted by Gasteiger charge is -2.32. The summed E-state index contributed by atoms with van der Waals surface area (Å²) in [7, 11) is -0.638. The molecule has 0 saturated carbocycles. The van der Waals surface area contributed by atoms with Gasteiger partial charge in [-0.3, -0.25) is 0 Å². The van der Waals surface area contributed by atoms with Gasteiger partial charge in [-0.1, -0.05) is 36.4 Å². The monoisotopic (exact) mass is 439 g/mol. The van der Waals surface area contributed by atoms with Crippen LogP contribution in [-0.4, -0.2) is 47.5 Å². The number of nitrogens with zero attached hydrogens (tertiary/aromatic N) is 2. The Morgan fingerprint density at radius 3 is 2.31 bits per heavy atom. The normalized spacial score (nSPS) is 17.2. The van der Waals surface area contributed by atoms with Crippen molar-refractivity contribution >= 4 is 19.3 Å². The van der Waals surface area contributed by atoms with Gasteiger partial charge in [0.15, 0.2) is 0 Å². The molecule has 170 valence electrons. The molecule has 0 atom stereocenters. The van der Waals surface area contributed by atoms with E-state index in [-0.39, 0.29) is 13.2 Å². The third kappa shape index (κ3) is 6.08. The molecule has 2 aromatic rings. The van der Waals surface area contributed by atoms with Gasteiger partial charge < -0.3 is 24.1 Å². The highest BCUT2D eigenvalue weighted by molar-refractivity contribution is 6.56. The molecule has 1 fully saturated rings. The largest absolute Gasteiger partial charge is 0.492 e. The predicted molar refractivity (Wildman–Crippen MR) is 122 cm³/mol. The van der Waals surface area contributed by atoms with Crippen molar-refractivity contribution in [3.05, 3.63) is 59.3 Å². The zero-order valence-electron chi connectivity index (χ0n) is 19.3. The molecule has 0 spiro atoms. The molecule has 0 aliphatic carbocycles. The van der Waals surface area contributed by atoms with E-state index in [1.807, 2.05) is 71.0 Å². The first-order valence-corrected chi connectivity index (χ1v) is 10.7. The minimum atomic E-state index is -0.638.